The Kier molecular flexibility index (Phi) is 73.3. The zero-order chi connectivity index (χ0) is 70.4. The minimum Gasteiger partial charge on any atom is -0.462 e. The number of quaternary nitrogens is 1. The quantitative estimate of drug-likeness (QED) is 0.0211. The number of hydrogen-bond donors (Lipinski definition) is 1. The van der Waals surface area contributed by atoms with Gasteiger partial charge in [0, 0.05) is 12.8 Å². The second kappa shape index (κ2) is 76.3. The summed E-state index contributed by atoms with van der Waals surface area (Å²) in [5.41, 5.74) is 0. The Morgan fingerprint density at radius 1 is 0.330 bits per heavy atom. The Morgan fingerprint density at radius 2 is 0.588 bits per heavy atom. The van der Waals surface area contributed by atoms with Crippen molar-refractivity contribution in [1.82, 2.24) is 0 Å². The van der Waals surface area contributed by atoms with Crippen LogP contribution in [-0.4, -0.2) is 74.9 Å². The van der Waals surface area contributed by atoms with Gasteiger partial charge in [0.2, 0.25) is 0 Å². The van der Waals surface area contributed by atoms with E-state index in [1.165, 1.54) is 199 Å². The summed E-state index contributed by atoms with van der Waals surface area (Å²) in [6.07, 6.45) is 112. The maximum Gasteiger partial charge on any atom is 0.472 e. The number of rotatable bonds is 74. The van der Waals surface area contributed by atoms with Crippen LogP contribution < -0.4 is 0 Å². The zero-order valence-electron chi connectivity index (χ0n) is 63.8. The van der Waals surface area contributed by atoms with Crippen molar-refractivity contribution in [3.8, 4) is 0 Å². The number of phosphoric ester groups is 1. The minimum atomic E-state index is -4.41. The third kappa shape index (κ3) is 81.0. The standard InChI is InChI=1S/C87H152NO8P/c1-6-8-10-12-14-16-18-20-22-24-26-28-30-32-34-36-38-40-42-43-44-45-46-48-50-52-54-56-58-60-62-64-66-68-70-72-74-76-78-80-87(90)96-85(84-95-97(91,92)94-82-81-88(3,4)5)83-93-86(89)79-77-75-73-71-69-67-65-63-61-59-57-55-53-51-49-47-41-39-37-35-33-31-29-27-25-23-21-19-17-15-13-11-9-7-2/h8,10,14,16,20,22,26,28,32,34,38,40,43-44,46,48,52,54,58,60,64,66,85H,6-7,9,11-13,15,17-19,21,23-25,27,29-31,33,35-37,39,41-42,45,47,49-51,53,55-57,59,61-63,65,67-84H2,1-5H3/p+1/b10-8-,16-14-,22-20-,28-26-,34-32-,40-38-,44-43-,48-46-,54-52-,60-58-,66-64-. The molecule has 1 N–H and O–H groups in total. The monoisotopic (exact) mass is 1370 g/mol. The third-order valence-corrected chi connectivity index (χ3v) is 18.4. The molecule has 9 nitrogen and oxygen atoms in total. The van der Waals surface area contributed by atoms with Gasteiger partial charge in [0.25, 0.3) is 0 Å². The number of carbonyl (C=O) groups is 2. The summed E-state index contributed by atoms with van der Waals surface area (Å²) in [6.45, 7) is 4.33. The van der Waals surface area contributed by atoms with Crippen LogP contribution in [0, 0.1) is 0 Å². The fraction of sp³-hybridized carbons (Fsp3) is 0.724. The highest BCUT2D eigenvalue weighted by atomic mass is 31.2. The summed E-state index contributed by atoms with van der Waals surface area (Å²) in [5.74, 6) is -0.814. The Labute approximate surface area is 600 Å². The van der Waals surface area contributed by atoms with Crippen molar-refractivity contribution in [1.29, 1.82) is 0 Å². The molecule has 0 aliphatic rings. The number of esters is 2. The first kappa shape index (κ1) is 93.2. The molecule has 0 radical (unpaired) electrons. The molecule has 0 aliphatic heterocycles. The van der Waals surface area contributed by atoms with Gasteiger partial charge in [-0.05, 0) is 96.3 Å². The average molecular weight is 1370 g/mol. The summed E-state index contributed by atoms with van der Waals surface area (Å²) >= 11 is 0. The molecule has 0 amide bonds. The summed E-state index contributed by atoms with van der Waals surface area (Å²) in [5, 5.41) is 0. The van der Waals surface area contributed by atoms with Crippen molar-refractivity contribution in [3.05, 3.63) is 134 Å². The molecule has 0 aromatic heterocycles. The molecule has 0 aromatic carbocycles. The van der Waals surface area contributed by atoms with E-state index in [1.807, 2.05) is 21.1 Å². The van der Waals surface area contributed by atoms with Crippen molar-refractivity contribution in [2.24, 2.45) is 0 Å². The van der Waals surface area contributed by atoms with Gasteiger partial charge in [-0.25, -0.2) is 4.57 Å². The zero-order valence-corrected chi connectivity index (χ0v) is 64.7. The first-order chi connectivity index (χ1) is 47.5. The first-order valence-electron chi connectivity index (χ1n) is 40.4. The number of hydrogen-bond acceptors (Lipinski definition) is 7. The Balaban J connectivity index is 4.05. The number of phosphoric acid groups is 1. The maximum absolute atomic E-state index is 12.9. The van der Waals surface area contributed by atoms with Crippen LogP contribution in [0.1, 0.15) is 354 Å². The molecule has 0 saturated carbocycles. The lowest BCUT2D eigenvalue weighted by molar-refractivity contribution is -0.870. The Hall–Kier alpha value is -3.85. The molecule has 0 aromatic rings. The predicted molar refractivity (Wildman–Crippen MR) is 422 cm³/mol. The number of allylic oxidation sites excluding steroid dienone is 22. The number of likely N-dealkylation sites (N-methyl/N-ethyl adjacent to an activating group) is 1. The van der Waals surface area contributed by atoms with Crippen LogP contribution in [0.2, 0.25) is 0 Å². The van der Waals surface area contributed by atoms with E-state index in [4.69, 9.17) is 18.5 Å². The predicted octanol–water partition coefficient (Wildman–Crippen LogP) is 27.1. The number of nitrogens with zero attached hydrogens (tertiary/aromatic N) is 1. The van der Waals surface area contributed by atoms with E-state index in [-0.39, 0.29) is 32.0 Å². The van der Waals surface area contributed by atoms with E-state index < -0.39 is 26.5 Å². The van der Waals surface area contributed by atoms with Gasteiger partial charge in [-0.2, -0.15) is 0 Å². The topological polar surface area (TPSA) is 108 Å². The molecule has 0 aliphatic carbocycles. The summed E-state index contributed by atoms with van der Waals surface area (Å²) in [6, 6.07) is 0. The van der Waals surface area contributed by atoms with E-state index in [1.54, 1.807) is 0 Å². The van der Waals surface area contributed by atoms with Gasteiger partial charge < -0.3 is 18.9 Å². The summed E-state index contributed by atoms with van der Waals surface area (Å²) in [4.78, 5) is 36.0. The van der Waals surface area contributed by atoms with Crippen molar-refractivity contribution in [2.75, 3.05) is 47.5 Å². The molecule has 0 rings (SSSR count). The molecule has 0 heterocycles. The van der Waals surface area contributed by atoms with Crippen LogP contribution in [0.4, 0.5) is 0 Å². The summed E-state index contributed by atoms with van der Waals surface area (Å²) in [7, 11) is 1.46. The number of ether oxygens (including phenoxy) is 2. The molecule has 2 atom stereocenters. The average Bonchev–Trinajstić information content (AvgIpc) is 1.69. The van der Waals surface area contributed by atoms with E-state index in [2.05, 4.69) is 148 Å². The highest BCUT2D eigenvalue weighted by Crippen LogP contribution is 2.43. The van der Waals surface area contributed by atoms with Gasteiger partial charge >= 0.3 is 19.8 Å². The van der Waals surface area contributed by atoms with Crippen molar-refractivity contribution in [3.63, 3.8) is 0 Å². The van der Waals surface area contributed by atoms with Crippen molar-refractivity contribution in [2.45, 2.75) is 360 Å². The van der Waals surface area contributed by atoms with E-state index in [0.717, 1.165) is 122 Å². The molecular formula is C87H153NO8P+. The van der Waals surface area contributed by atoms with E-state index in [0.29, 0.717) is 17.4 Å². The molecule has 0 spiro atoms. The molecule has 0 bridgehead atoms. The molecule has 0 saturated heterocycles. The lowest BCUT2D eigenvalue weighted by atomic mass is 10.0. The van der Waals surface area contributed by atoms with Gasteiger partial charge in [-0.3, -0.25) is 18.6 Å². The Morgan fingerprint density at radius 3 is 0.876 bits per heavy atom. The van der Waals surface area contributed by atoms with Gasteiger partial charge in [0.15, 0.2) is 6.10 Å². The molecule has 0 fully saturated rings. The van der Waals surface area contributed by atoms with Crippen LogP contribution in [0.25, 0.3) is 0 Å². The molecule has 10 heteroatoms. The normalized spacial score (nSPS) is 13.8. The van der Waals surface area contributed by atoms with Crippen molar-refractivity contribution < 1.29 is 42.1 Å². The highest BCUT2D eigenvalue weighted by Gasteiger charge is 2.27. The SMILES string of the molecule is CC/C=C\C/C=C\C/C=C\C/C=C\C/C=C\C/C=C\C/C=C\C/C=C\C/C=C\C/C=C\C/C=C\CCCCCCCC(=O)OC(COC(=O)CCCCCCCCCCCCCCCCCCCCCCCCCCCCCCCCCCCC)COP(=O)(O)OCC[N+](C)(C)C. The molecule has 558 valence electrons. The lowest BCUT2D eigenvalue weighted by Crippen LogP contribution is -2.37. The second-order valence-corrected chi connectivity index (χ2v) is 29.5. The highest BCUT2D eigenvalue weighted by molar-refractivity contribution is 7.47. The number of carbonyl (C=O) groups excluding carboxylic acids is 2. The van der Waals surface area contributed by atoms with Gasteiger partial charge in [0.05, 0.1) is 27.7 Å². The van der Waals surface area contributed by atoms with Crippen LogP contribution in [0.5, 0.6) is 0 Å². The fourth-order valence-electron chi connectivity index (χ4n) is 11.3. The molecular weight excluding hydrogens is 1220 g/mol. The first-order valence-corrected chi connectivity index (χ1v) is 41.9. The van der Waals surface area contributed by atoms with Gasteiger partial charge in [0.1, 0.15) is 19.8 Å². The Bertz CT molecular complexity index is 2100. The second-order valence-electron chi connectivity index (χ2n) is 28.1. The van der Waals surface area contributed by atoms with Crippen molar-refractivity contribution >= 4 is 19.8 Å². The number of unbranched alkanes of at least 4 members (excludes halogenated alkanes) is 38. The van der Waals surface area contributed by atoms with E-state index >= 15 is 0 Å². The smallest absolute Gasteiger partial charge is 0.462 e. The van der Waals surface area contributed by atoms with Crippen LogP contribution in [0.15, 0.2) is 134 Å². The lowest BCUT2D eigenvalue weighted by Gasteiger charge is -2.24. The van der Waals surface area contributed by atoms with Crippen LogP contribution >= 0.6 is 7.82 Å². The molecule has 97 heavy (non-hydrogen) atoms. The summed E-state index contributed by atoms with van der Waals surface area (Å²) < 4.78 is 34.8. The molecule has 2 unspecified atom stereocenters. The fourth-order valence-corrected chi connectivity index (χ4v) is 12.1. The van der Waals surface area contributed by atoms with Crippen LogP contribution in [-0.2, 0) is 32.7 Å². The van der Waals surface area contributed by atoms with Crippen LogP contribution in [0.3, 0.4) is 0 Å². The van der Waals surface area contributed by atoms with Gasteiger partial charge in [-0.1, -0.05) is 379 Å². The minimum absolute atomic E-state index is 0.0227. The van der Waals surface area contributed by atoms with Gasteiger partial charge in [-0.15, -0.1) is 0 Å². The largest absolute Gasteiger partial charge is 0.472 e. The maximum atomic E-state index is 12.9. The third-order valence-electron chi connectivity index (χ3n) is 17.4. The van der Waals surface area contributed by atoms with E-state index in [9.17, 15) is 19.0 Å².